The van der Waals surface area contributed by atoms with E-state index in [1.165, 1.54) is 37.3 Å². The summed E-state index contributed by atoms with van der Waals surface area (Å²) in [6.07, 6.45) is -11.6. The molecule has 3 aromatic rings. The summed E-state index contributed by atoms with van der Waals surface area (Å²) in [6, 6.07) is 9.76. The predicted octanol–water partition coefficient (Wildman–Crippen LogP) is -0.0691. The molecule has 2 fully saturated rings. The van der Waals surface area contributed by atoms with Crippen LogP contribution in [0.3, 0.4) is 0 Å². The second-order valence-electron chi connectivity index (χ2n) is 9.87. The van der Waals surface area contributed by atoms with Crippen LogP contribution in [0.25, 0.3) is 22.3 Å². The van der Waals surface area contributed by atoms with Crippen LogP contribution in [0, 0.1) is 0 Å². The van der Waals surface area contributed by atoms with E-state index < -0.39 is 66.5 Å². The number of benzene rings is 2. The Bertz CT molecular complexity index is 1390. The van der Waals surface area contributed by atoms with Gasteiger partial charge in [0.1, 0.15) is 64.5 Å². The second-order valence-corrected chi connectivity index (χ2v) is 9.87. The van der Waals surface area contributed by atoms with Gasteiger partial charge in [-0.3, -0.25) is 4.79 Å². The van der Waals surface area contributed by atoms with Crippen LogP contribution in [-0.2, 0) is 14.2 Å². The first-order chi connectivity index (χ1) is 19.0. The maximum Gasteiger partial charge on any atom is 0.202 e. The summed E-state index contributed by atoms with van der Waals surface area (Å²) in [4.78, 5) is 12.7. The molecule has 5 rings (SSSR count). The van der Waals surface area contributed by atoms with Gasteiger partial charge in [0, 0.05) is 30.2 Å². The first-order valence-corrected chi connectivity index (χ1v) is 12.6. The maximum absolute atomic E-state index is 12.7. The van der Waals surface area contributed by atoms with Crippen LogP contribution in [0.5, 0.6) is 17.2 Å². The van der Waals surface area contributed by atoms with E-state index >= 15 is 0 Å². The summed E-state index contributed by atoms with van der Waals surface area (Å²) in [7, 11) is 0. The van der Waals surface area contributed by atoms with Gasteiger partial charge >= 0.3 is 0 Å². The highest BCUT2D eigenvalue weighted by atomic mass is 16.7. The van der Waals surface area contributed by atoms with Crippen LogP contribution in [0.15, 0.2) is 51.7 Å². The first kappa shape index (κ1) is 28.3. The molecule has 0 radical (unpaired) electrons. The molecule has 2 saturated heterocycles. The van der Waals surface area contributed by atoms with Gasteiger partial charge in [0.15, 0.2) is 11.7 Å². The molecule has 13 nitrogen and oxygen atoms in total. The van der Waals surface area contributed by atoms with Crippen LogP contribution in [0.2, 0.25) is 0 Å². The number of aliphatic hydroxyl groups excluding tert-OH is 5. The lowest BCUT2D eigenvalue weighted by atomic mass is 10.00. The molecule has 0 spiro atoms. The summed E-state index contributed by atoms with van der Waals surface area (Å²) in [5.41, 5.74) is 0.0268. The Kier molecular flexibility index (Phi) is 7.99. The Morgan fingerprint density at radius 1 is 0.900 bits per heavy atom. The highest BCUT2D eigenvalue weighted by Gasteiger charge is 2.44. The number of aromatic hydroxyl groups is 2. The molecular formula is C27H30O13. The Morgan fingerprint density at radius 2 is 1.62 bits per heavy atom. The lowest BCUT2D eigenvalue weighted by Gasteiger charge is -2.41. The third kappa shape index (κ3) is 5.64. The summed E-state index contributed by atoms with van der Waals surface area (Å²) < 4.78 is 28.3. The van der Waals surface area contributed by atoms with Crippen LogP contribution < -0.4 is 10.2 Å². The lowest BCUT2D eigenvalue weighted by Crippen LogP contribution is -2.58. The molecule has 0 bridgehead atoms. The molecule has 7 N–H and O–H groups in total. The SMILES string of the molecule is C[C@@H]1O[C@@H](OC[C@H]2O[C@@H](Oc3cc(O)c4c(=O)cc(-c5ccc(O)cc5)oc4c3)C[C@H](O)[C@@H]2O)[C@H](O)[C@H](O)[C@H]1O. The number of fused-ring (bicyclic) bond motifs is 1. The topological polar surface area (TPSA) is 209 Å². The molecule has 0 aliphatic carbocycles. The van der Waals surface area contributed by atoms with E-state index in [2.05, 4.69) is 0 Å². The van der Waals surface area contributed by atoms with Crippen molar-refractivity contribution in [2.45, 2.75) is 68.7 Å². The minimum absolute atomic E-state index is 0.0140. The fourth-order valence-corrected chi connectivity index (χ4v) is 4.70. The Labute approximate surface area is 227 Å². The molecule has 2 aliphatic heterocycles. The van der Waals surface area contributed by atoms with E-state index in [0.29, 0.717) is 5.56 Å². The van der Waals surface area contributed by atoms with Crippen molar-refractivity contribution in [3.63, 3.8) is 0 Å². The predicted molar refractivity (Wildman–Crippen MR) is 135 cm³/mol. The van der Waals surface area contributed by atoms with Gasteiger partial charge in [0.25, 0.3) is 0 Å². The normalized spacial score (nSPS) is 32.7. The lowest BCUT2D eigenvalue weighted by molar-refractivity contribution is -0.309. The third-order valence-electron chi connectivity index (χ3n) is 6.97. The van der Waals surface area contributed by atoms with Gasteiger partial charge in [-0.2, -0.15) is 0 Å². The highest BCUT2D eigenvalue weighted by molar-refractivity contribution is 5.86. The van der Waals surface area contributed by atoms with Crippen LogP contribution in [-0.4, -0.2) is 97.7 Å². The fourth-order valence-electron chi connectivity index (χ4n) is 4.70. The van der Waals surface area contributed by atoms with Gasteiger partial charge in [-0.05, 0) is 31.2 Å². The van der Waals surface area contributed by atoms with Gasteiger partial charge in [-0.1, -0.05) is 0 Å². The van der Waals surface area contributed by atoms with Crippen LogP contribution in [0.4, 0.5) is 0 Å². The summed E-state index contributed by atoms with van der Waals surface area (Å²) in [5, 5.41) is 70.8. The molecular weight excluding hydrogens is 532 g/mol. The summed E-state index contributed by atoms with van der Waals surface area (Å²) in [5.74, 6) is -0.135. The van der Waals surface area contributed by atoms with Crippen LogP contribution >= 0.6 is 0 Å². The van der Waals surface area contributed by atoms with Crippen molar-refractivity contribution in [2.75, 3.05) is 6.61 Å². The molecule has 0 unspecified atom stereocenters. The maximum atomic E-state index is 12.7. The van der Waals surface area contributed by atoms with Crippen LogP contribution in [0.1, 0.15) is 13.3 Å². The average molecular weight is 563 g/mol. The number of aliphatic hydroxyl groups is 5. The van der Waals surface area contributed by atoms with E-state index in [1.54, 1.807) is 12.1 Å². The minimum Gasteiger partial charge on any atom is -0.508 e. The van der Waals surface area contributed by atoms with Gasteiger partial charge in [0.2, 0.25) is 6.29 Å². The fraction of sp³-hybridized carbons (Fsp3) is 0.444. The summed E-state index contributed by atoms with van der Waals surface area (Å²) >= 11 is 0. The van der Waals surface area contributed by atoms with E-state index in [4.69, 9.17) is 23.4 Å². The summed E-state index contributed by atoms with van der Waals surface area (Å²) in [6.45, 7) is 1.12. The molecule has 2 aromatic carbocycles. The van der Waals surface area contributed by atoms with E-state index in [-0.39, 0.29) is 41.3 Å². The average Bonchev–Trinajstić information content (AvgIpc) is 2.91. The van der Waals surface area contributed by atoms with E-state index in [1.807, 2.05) is 0 Å². The number of phenolic OH excluding ortho intramolecular Hbond substituents is 2. The van der Waals surface area contributed by atoms with Crippen molar-refractivity contribution in [1.29, 1.82) is 0 Å². The molecule has 40 heavy (non-hydrogen) atoms. The van der Waals surface area contributed by atoms with Crippen molar-refractivity contribution in [2.24, 2.45) is 0 Å². The van der Waals surface area contributed by atoms with Crippen molar-refractivity contribution in [1.82, 2.24) is 0 Å². The molecule has 216 valence electrons. The smallest absolute Gasteiger partial charge is 0.202 e. The first-order valence-electron chi connectivity index (χ1n) is 12.6. The number of rotatable bonds is 6. The number of ether oxygens (including phenoxy) is 4. The molecule has 1 aromatic heterocycles. The quantitative estimate of drug-likeness (QED) is 0.210. The molecule has 13 heteroatoms. The molecule has 0 amide bonds. The number of hydrogen-bond donors (Lipinski definition) is 7. The molecule has 3 heterocycles. The zero-order valence-electron chi connectivity index (χ0n) is 21.2. The van der Waals surface area contributed by atoms with Gasteiger partial charge < -0.3 is 59.1 Å². The van der Waals surface area contributed by atoms with E-state index in [0.717, 1.165) is 0 Å². The number of phenols is 2. The number of hydrogen-bond acceptors (Lipinski definition) is 13. The van der Waals surface area contributed by atoms with E-state index in [9.17, 15) is 40.5 Å². The molecule has 0 saturated carbocycles. The van der Waals surface area contributed by atoms with Crippen molar-refractivity contribution < 1.29 is 59.1 Å². The van der Waals surface area contributed by atoms with Crippen molar-refractivity contribution in [3.8, 4) is 28.6 Å². The molecule has 2 aliphatic rings. The van der Waals surface area contributed by atoms with Crippen molar-refractivity contribution in [3.05, 3.63) is 52.7 Å². The third-order valence-corrected chi connectivity index (χ3v) is 6.97. The minimum atomic E-state index is -1.56. The zero-order chi connectivity index (χ0) is 28.7. The van der Waals surface area contributed by atoms with Gasteiger partial charge in [-0.25, -0.2) is 0 Å². The molecule has 9 atom stereocenters. The monoisotopic (exact) mass is 562 g/mol. The van der Waals surface area contributed by atoms with Gasteiger partial charge in [-0.15, -0.1) is 0 Å². The zero-order valence-corrected chi connectivity index (χ0v) is 21.2. The Hall–Kier alpha value is -3.27. The second kappa shape index (κ2) is 11.3. The van der Waals surface area contributed by atoms with Gasteiger partial charge in [0.05, 0.1) is 18.8 Å². The Morgan fingerprint density at radius 3 is 2.35 bits per heavy atom. The Balaban J connectivity index is 1.32. The highest BCUT2D eigenvalue weighted by Crippen LogP contribution is 2.33. The largest absolute Gasteiger partial charge is 0.508 e. The van der Waals surface area contributed by atoms with Crippen molar-refractivity contribution >= 4 is 11.0 Å². The standard InChI is InChI=1S/C27H30O13/c1-11-23(32)25(34)26(35)27(37-11)36-10-20-24(33)17(31)9-21(40-20)38-14-6-15(29)22-16(30)8-18(39-19(22)7-14)12-2-4-13(28)5-3-12/h2-8,11,17,20-21,23-29,31-35H,9-10H2,1H3/t11-,17-,20+,21+,23-,24-,25+,26+,27+/m0/s1.